The molecule has 0 aliphatic heterocycles. The second-order valence-electron chi connectivity index (χ2n) is 4.60. The standard InChI is InChI=1S/C15H17N3O3/c1-11-5-7-18(15(20)13(11)8-14(19)21-2)17-10-12-4-3-6-16-9-12/h3-7,9,17H,8,10H2,1-2H3. The number of aromatic nitrogens is 2. The number of esters is 1. The number of nitrogens with one attached hydrogen (secondary N) is 1. The van der Waals surface area contributed by atoms with E-state index in [1.165, 1.54) is 11.8 Å². The highest BCUT2D eigenvalue weighted by Crippen LogP contribution is 2.04. The minimum atomic E-state index is -0.430. The summed E-state index contributed by atoms with van der Waals surface area (Å²) in [7, 11) is 1.31. The summed E-state index contributed by atoms with van der Waals surface area (Å²) in [5.74, 6) is -0.430. The molecule has 0 aliphatic rings. The molecule has 2 aromatic rings. The van der Waals surface area contributed by atoms with Crippen molar-refractivity contribution in [1.29, 1.82) is 0 Å². The van der Waals surface area contributed by atoms with Gasteiger partial charge in [0.15, 0.2) is 0 Å². The second kappa shape index (κ2) is 6.69. The van der Waals surface area contributed by atoms with Gasteiger partial charge in [0, 0.05) is 24.2 Å². The number of rotatable bonds is 5. The summed E-state index contributed by atoms with van der Waals surface area (Å²) in [6, 6.07) is 5.53. The monoisotopic (exact) mass is 287 g/mol. The van der Waals surface area contributed by atoms with E-state index in [1.54, 1.807) is 31.6 Å². The zero-order valence-corrected chi connectivity index (χ0v) is 12.0. The largest absolute Gasteiger partial charge is 0.469 e. The van der Waals surface area contributed by atoms with Crippen molar-refractivity contribution in [2.75, 3.05) is 12.5 Å². The van der Waals surface area contributed by atoms with E-state index in [0.717, 1.165) is 11.1 Å². The fraction of sp³-hybridized carbons (Fsp3) is 0.267. The van der Waals surface area contributed by atoms with E-state index in [-0.39, 0.29) is 12.0 Å². The van der Waals surface area contributed by atoms with Gasteiger partial charge in [0.2, 0.25) is 0 Å². The Labute approximate surface area is 122 Å². The van der Waals surface area contributed by atoms with Crippen LogP contribution < -0.4 is 11.0 Å². The van der Waals surface area contributed by atoms with E-state index in [1.807, 2.05) is 12.1 Å². The van der Waals surface area contributed by atoms with Gasteiger partial charge in [-0.15, -0.1) is 0 Å². The molecule has 0 bridgehead atoms. The maximum Gasteiger partial charge on any atom is 0.310 e. The molecule has 0 unspecified atom stereocenters. The van der Waals surface area contributed by atoms with Gasteiger partial charge in [0.1, 0.15) is 0 Å². The van der Waals surface area contributed by atoms with Gasteiger partial charge in [0.25, 0.3) is 5.56 Å². The van der Waals surface area contributed by atoms with Gasteiger partial charge < -0.3 is 10.2 Å². The fourth-order valence-electron chi connectivity index (χ4n) is 1.90. The number of pyridine rings is 2. The summed E-state index contributed by atoms with van der Waals surface area (Å²) in [4.78, 5) is 27.7. The first-order valence-corrected chi connectivity index (χ1v) is 6.52. The lowest BCUT2D eigenvalue weighted by Gasteiger charge is -2.12. The van der Waals surface area contributed by atoms with Crippen molar-refractivity contribution in [3.8, 4) is 0 Å². The van der Waals surface area contributed by atoms with Crippen molar-refractivity contribution in [3.05, 3.63) is 63.8 Å². The number of aryl methyl sites for hydroxylation is 1. The number of ether oxygens (including phenoxy) is 1. The normalized spacial score (nSPS) is 10.2. The molecule has 2 rings (SSSR count). The molecule has 0 amide bonds. The smallest absolute Gasteiger partial charge is 0.310 e. The predicted octanol–water partition coefficient (Wildman–Crippen LogP) is 1.01. The van der Waals surface area contributed by atoms with Gasteiger partial charge in [-0.25, -0.2) is 4.68 Å². The summed E-state index contributed by atoms with van der Waals surface area (Å²) in [5.41, 5.74) is 4.91. The molecule has 0 saturated carbocycles. The van der Waals surface area contributed by atoms with E-state index in [0.29, 0.717) is 12.1 Å². The first-order chi connectivity index (χ1) is 10.1. The Morgan fingerprint density at radius 1 is 1.43 bits per heavy atom. The summed E-state index contributed by atoms with van der Waals surface area (Å²) in [5, 5.41) is 0. The second-order valence-corrected chi connectivity index (χ2v) is 4.60. The highest BCUT2D eigenvalue weighted by atomic mass is 16.5. The summed E-state index contributed by atoms with van der Waals surface area (Å²) in [6.07, 6.45) is 5.03. The van der Waals surface area contributed by atoms with Gasteiger partial charge in [-0.05, 0) is 30.2 Å². The van der Waals surface area contributed by atoms with Crippen molar-refractivity contribution in [2.24, 2.45) is 0 Å². The van der Waals surface area contributed by atoms with Crippen LogP contribution in [0.2, 0.25) is 0 Å². The highest BCUT2D eigenvalue weighted by Gasteiger charge is 2.12. The Hall–Kier alpha value is -2.63. The molecule has 21 heavy (non-hydrogen) atoms. The summed E-state index contributed by atoms with van der Waals surface area (Å²) >= 11 is 0. The molecule has 110 valence electrons. The van der Waals surface area contributed by atoms with E-state index in [4.69, 9.17) is 0 Å². The van der Waals surface area contributed by atoms with Crippen molar-refractivity contribution in [1.82, 2.24) is 9.66 Å². The van der Waals surface area contributed by atoms with Crippen LogP contribution in [0, 0.1) is 6.92 Å². The SMILES string of the molecule is COC(=O)Cc1c(C)ccn(NCc2cccnc2)c1=O. The fourth-order valence-corrected chi connectivity index (χ4v) is 1.90. The van der Waals surface area contributed by atoms with Crippen LogP contribution in [-0.4, -0.2) is 22.7 Å². The first kappa shape index (κ1) is 14.8. The average molecular weight is 287 g/mol. The molecule has 1 N–H and O–H groups in total. The molecule has 2 heterocycles. The molecule has 6 nitrogen and oxygen atoms in total. The van der Waals surface area contributed by atoms with E-state index < -0.39 is 5.97 Å². The van der Waals surface area contributed by atoms with Crippen molar-refractivity contribution >= 4 is 5.97 Å². The number of nitrogens with zero attached hydrogens (tertiary/aromatic N) is 2. The quantitative estimate of drug-likeness (QED) is 0.831. The Kier molecular flexibility index (Phi) is 4.71. The third-order valence-corrected chi connectivity index (χ3v) is 3.15. The van der Waals surface area contributed by atoms with Crippen molar-refractivity contribution < 1.29 is 9.53 Å². The third kappa shape index (κ3) is 3.68. The maximum absolute atomic E-state index is 12.3. The molecular weight excluding hydrogens is 270 g/mol. The molecule has 0 aliphatic carbocycles. The Morgan fingerprint density at radius 2 is 2.24 bits per heavy atom. The van der Waals surface area contributed by atoms with Crippen LogP contribution in [0.1, 0.15) is 16.7 Å². The lowest BCUT2D eigenvalue weighted by molar-refractivity contribution is -0.139. The van der Waals surface area contributed by atoms with Crippen LogP contribution in [0.3, 0.4) is 0 Å². The lowest BCUT2D eigenvalue weighted by Crippen LogP contribution is -2.32. The van der Waals surface area contributed by atoms with Gasteiger partial charge in [-0.2, -0.15) is 0 Å². The van der Waals surface area contributed by atoms with Crippen LogP contribution in [-0.2, 0) is 22.5 Å². The molecule has 6 heteroatoms. The minimum absolute atomic E-state index is 0.0312. The Bertz CT molecular complexity index is 680. The zero-order chi connectivity index (χ0) is 15.2. The van der Waals surface area contributed by atoms with Crippen molar-refractivity contribution in [3.63, 3.8) is 0 Å². The topological polar surface area (TPSA) is 73.2 Å². The predicted molar refractivity (Wildman–Crippen MR) is 78.5 cm³/mol. The van der Waals surface area contributed by atoms with Gasteiger partial charge in [0.05, 0.1) is 20.1 Å². The Morgan fingerprint density at radius 3 is 2.90 bits per heavy atom. The van der Waals surface area contributed by atoms with Crippen LogP contribution in [0.4, 0.5) is 0 Å². The highest BCUT2D eigenvalue weighted by molar-refractivity contribution is 5.72. The molecular formula is C15H17N3O3. The summed E-state index contributed by atoms with van der Waals surface area (Å²) in [6.45, 7) is 2.26. The van der Waals surface area contributed by atoms with E-state index in [9.17, 15) is 9.59 Å². The summed E-state index contributed by atoms with van der Waals surface area (Å²) < 4.78 is 5.99. The van der Waals surface area contributed by atoms with Crippen LogP contribution in [0.15, 0.2) is 41.6 Å². The molecule has 0 spiro atoms. The number of methoxy groups -OCH3 is 1. The first-order valence-electron chi connectivity index (χ1n) is 6.52. The average Bonchev–Trinajstić information content (AvgIpc) is 2.51. The van der Waals surface area contributed by atoms with E-state index in [2.05, 4.69) is 15.1 Å². The third-order valence-electron chi connectivity index (χ3n) is 3.15. The van der Waals surface area contributed by atoms with Gasteiger partial charge >= 0.3 is 5.97 Å². The van der Waals surface area contributed by atoms with E-state index >= 15 is 0 Å². The van der Waals surface area contributed by atoms with Crippen molar-refractivity contribution in [2.45, 2.75) is 19.9 Å². The molecule has 0 fully saturated rings. The molecule has 0 atom stereocenters. The molecule has 0 saturated heterocycles. The van der Waals surface area contributed by atoms with Crippen LogP contribution in [0.5, 0.6) is 0 Å². The zero-order valence-electron chi connectivity index (χ0n) is 12.0. The number of carbonyl (C=O) groups is 1. The minimum Gasteiger partial charge on any atom is -0.469 e. The molecule has 2 aromatic heterocycles. The molecule has 0 aromatic carbocycles. The number of carbonyl (C=O) groups excluding carboxylic acids is 1. The van der Waals surface area contributed by atoms with Crippen LogP contribution in [0.25, 0.3) is 0 Å². The van der Waals surface area contributed by atoms with Crippen LogP contribution >= 0.6 is 0 Å². The Balaban J connectivity index is 2.19. The lowest BCUT2D eigenvalue weighted by atomic mass is 10.1. The van der Waals surface area contributed by atoms with Gasteiger partial charge in [-0.3, -0.25) is 14.6 Å². The number of hydrogen-bond acceptors (Lipinski definition) is 5. The maximum atomic E-state index is 12.3. The van der Waals surface area contributed by atoms with Gasteiger partial charge in [-0.1, -0.05) is 6.07 Å². The number of hydrogen-bond donors (Lipinski definition) is 1. The molecule has 0 radical (unpaired) electrons.